The third-order valence-corrected chi connectivity index (χ3v) is 8.74. The Labute approximate surface area is 262 Å². The van der Waals surface area contributed by atoms with E-state index in [9.17, 15) is 9.59 Å². The largest absolute Gasteiger partial charge is 0.493 e. The summed E-state index contributed by atoms with van der Waals surface area (Å²) in [5, 5.41) is 0. The number of methoxy groups -OCH3 is 1. The number of carbonyl (C=O) groups is 1. The van der Waals surface area contributed by atoms with Crippen LogP contribution in [0.25, 0.3) is 6.08 Å². The number of halogens is 1. The predicted molar refractivity (Wildman–Crippen MR) is 172 cm³/mol. The van der Waals surface area contributed by atoms with Crippen LogP contribution in [0.3, 0.4) is 0 Å². The molecule has 5 rings (SSSR count). The van der Waals surface area contributed by atoms with Crippen molar-refractivity contribution in [2.75, 3.05) is 13.7 Å². The molecular weight excluding hydrogens is 628 g/mol. The van der Waals surface area contributed by atoms with Gasteiger partial charge in [-0.2, -0.15) is 0 Å². The van der Waals surface area contributed by atoms with Gasteiger partial charge in [-0.05, 0) is 72.4 Å². The van der Waals surface area contributed by atoms with Gasteiger partial charge in [0, 0.05) is 4.47 Å². The van der Waals surface area contributed by atoms with Gasteiger partial charge in [0.05, 0.1) is 35.6 Å². The monoisotopic (exact) mass is 660 g/mol. The second-order valence-corrected chi connectivity index (χ2v) is 12.4. The van der Waals surface area contributed by atoms with Gasteiger partial charge >= 0.3 is 5.97 Å². The van der Waals surface area contributed by atoms with Crippen LogP contribution in [-0.4, -0.2) is 24.3 Å². The molecule has 0 unspecified atom stereocenters. The summed E-state index contributed by atoms with van der Waals surface area (Å²) in [6.45, 7) is 8.42. The fraction of sp³-hybridized carbons (Fsp3) is 0.265. The molecule has 0 spiro atoms. The van der Waals surface area contributed by atoms with Crippen LogP contribution in [0.1, 0.15) is 61.9 Å². The predicted octanol–water partition coefficient (Wildman–Crippen LogP) is 6.27. The highest BCUT2D eigenvalue weighted by molar-refractivity contribution is 9.10. The Morgan fingerprint density at radius 1 is 1.07 bits per heavy atom. The highest BCUT2D eigenvalue weighted by Crippen LogP contribution is 2.32. The topological polar surface area (TPSA) is 79.1 Å². The molecule has 0 aliphatic carbocycles. The van der Waals surface area contributed by atoms with Crippen molar-refractivity contribution in [2.45, 2.75) is 46.3 Å². The maximum Gasteiger partial charge on any atom is 0.338 e. The molecule has 0 bridgehead atoms. The van der Waals surface area contributed by atoms with Crippen LogP contribution < -0.4 is 24.4 Å². The van der Waals surface area contributed by atoms with E-state index in [-0.39, 0.29) is 12.2 Å². The number of thiazole rings is 1. The number of benzene rings is 3. The van der Waals surface area contributed by atoms with Gasteiger partial charge in [-0.15, -0.1) is 0 Å². The van der Waals surface area contributed by atoms with E-state index in [0.29, 0.717) is 44.6 Å². The zero-order valence-electron chi connectivity index (χ0n) is 24.7. The van der Waals surface area contributed by atoms with Crippen molar-refractivity contribution < 1.29 is 19.0 Å². The van der Waals surface area contributed by atoms with Gasteiger partial charge < -0.3 is 14.2 Å². The summed E-state index contributed by atoms with van der Waals surface area (Å²) in [7, 11) is 1.59. The minimum atomic E-state index is -0.650. The van der Waals surface area contributed by atoms with Crippen LogP contribution in [0.5, 0.6) is 11.5 Å². The lowest BCUT2D eigenvalue weighted by atomic mass is 9.93. The van der Waals surface area contributed by atoms with E-state index in [1.807, 2.05) is 72.8 Å². The van der Waals surface area contributed by atoms with Gasteiger partial charge in [-0.25, -0.2) is 9.79 Å². The molecule has 7 nitrogen and oxygen atoms in total. The van der Waals surface area contributed by atoms with Crippen molar-refractivity contribution in [2.24, 2.45) is 4.99 Å². The molecule has 0 amide bonds. The number of rotatable bonds is 9. The minimum absolute atomic E-state index is 0.226. The van der Waals surface area contributed by atoms with Crippen molar-refractivity contribution in [1.29, 1.82) is 0 Å². The Kier molecular flexibility index (Phi) is 9.32. The van der Waals surface area contributed by atoms with E-state index >= 15 is 0 Å². The fourth-order valence-corrected chi connectivity index (χ4v) is 6.27. The van der Waals surface area contributed by atoms with Crippen LogP contribution in [0.2, 0.25) is 0 Å². The Bertz CT molecular complexity index is 1850. The standard InChI is InChI=1S/C34H33BrN2O5S/c1-6-41-33(39)30-21(4)36-34-37(31(30)25-12-10-24(11-13-25)20(2)3)32(38)29(43-34)18-23-9-16-27(28(17-23)40-5)42-19-22-7-14-26(35)15-8-22/h7-18,20,31H,6,19H2,1-5H3/b29-18-/t31-/m1/s1. The van der Waals surface area contributed by atoms with Crippen LogP contribution >= 0.6 is 27.3 Å². The third kappa shape index (κ3) is 6.53. The Morgan fingerprint density at radius 2 is 1.79 bits per heavy atom. The number of fused-ring (bicyclic) bond motifs is 1. The van der Waals surface area contributed by atoms with Crippen molar-refractivity contribution in [3.63, 3.8) is 0 Å². The first-order valence-electron chi connectivity index (χ1n) is 14.0. The number of aromatic nitrogens is 1. The van der Waals surface area contributed by atoms with Gasteiger partial charge in [0.25, 0.3) is 5.56 Å². The summed E-state index contributed by atoms with van der Waals surface area (Å²) in [5.41, 5.74) is 4.48. The molecule has 43 heavy (non-hydrogen) atoms. The molecular formula is C34H33BrN2O5S. The van der Waals surface area contributed by atoms with Gasteiger partial charge in [-0.1, -0.05) is 83.6 Å². The van der Waals surface area contributed by atoms with E-state index in [4.69, 9.17) is 14.2 Å². The third-order valence-electron chi connectivity index (χ3n) is 7.23. The first kappa shape index (κ1) is 30.5. The van der Waals surface area contributed by atoms with Crippen LogP contribution in [-0.2, 0) is 16.1 Å². The molecule has 222 valence electrons. The number of nitrogens with zero attached hydrogens (tertiary/aromatic N) is 2. The maximum absolute atomic E-state index is 14.0. The zero-order chi connectivity index (χ0) is 30.7. The number of hydrogen-bond donors (Lipinski definition) is 0. The number of hydrogen-bond acceptors (Lipinski definition) is 7. The summed E-state index contributed by atoms with van der Waals surface area (Å²) in [6.07, 6.45) is 1.81. The van der Waals surface area contributed by atoms with Gasteiger partial charge in [0.15, 0.2) is 16.3 Å². The molecule has 1 aliphatic heterocycles. The zero-order valence-corrected chi connectivity index (χ0v) is 27.1. The molecule has 1 atom stereocenters. The lowest BCUT2D eigenvalue weighted by molar-refractivity contribution is -0.139. The first-order chi connectivity index (χ1) is 20.7. The Balaban J connectivity index is 1.54. The molecule has 0 saturated heterocycles. The van der Waals surface area contributed by atoms with Crippen LogP contribution in [0.4, 0.5) is 0 Å². The molecule has 1 aliphatic rings. The number of allylic oxidation sites excluding steroid dienone is 1. The number of ether oxygens (including phenoxy) is 3. The average Bonchev–Trinajstić information content (AvgIpc) is 3.30. The SMILES string of the molecule is CCOC(=O)C1=C(C)N=c2s/c(=C\c3ccc(OCc4ccc(Br)cc4)c(OC)c3)c(=O)n2[C@@H]1c1ccc(C(C)C)cc1. The molecule has 0 saturated carbocycles. The van der Waals surface area contributed by atoms with Crippen molar-refractivity contribution in [3.05, 3.63) is 124 Å². The molecule has 2 heterocycles. The minimum Gasteiger partial charge on any atom is -0.493 e. The fourth-order valence-electron chi connectivity index (χ4n) is 4.96. The van der Waals surface area contributed by atoms with E-state index < -0.39 is 12.0 Å². The molecule has 0 radical (unpaired) electrons. The maximum atomic E-state index is 14.0. The van der Waals surface area contributed by atoms with Crippen molar-refractivity contribution in [3.8, 4) is 11.5 Å². The molecule has 3 aromatic carbocycles. The summed E-state index contributed by atoms with van der Waals surface area (Å²) < 4.78 is 20.1. The second-order valence-electron chi connectivity index (χ2n) is 10.4. The quantitative estimate of drug-likeness (QED) is 0.198. The number of carbonyl (C=O) groups excluding carboxylic acids is 1. The van der Waals surface area contributed by atoms with Gasteiger partial charge in [0.2, 0.25) is 0 Å². The van der Waals surface area contributed by atoms with Crippen molar-refractivity contribution >= 4 is 39.3 Å². The van der Waals surface area contributed by atoms with Crippen molar-refractivity contribution in [1.82, 2.24) is 4.57 Å². The van der Waals surface area contributed by atoms with Crippen LogP contribution in [0.15, 0.2) is 92.3 Å². The second kappa shape index (κ2) is 13.1. The van der Waals surface area contributed by atoms with E-state index in [1.54, 1.807) is 25.5 Å². The molecule has 4 aromatic rings. The highest BCUT2D eigenvalue weighted by atomic mass is 79.9. The molecule has 9 heteroatoms. The van der Waals surface area contributed by atoms with Gasteiger partial charge in [-0.3, -0.25) is 9.36 Å². The molecule has 0 fully saturated rings. The Hall–Kier alpha value is -3.95. The summed E-state index contributed by atoms with van der Waals surface area (Å²) in [5.74, 6) is 1.04. The molecule has 0 N–H and O–H groups in total. The number of esters is 1. The van der Waals surface area contributed by atoms with E-state index in [2.05, 4.69) is 34.8 Å². The summed E-state index contributed by atoms with van der Waals surface area (Å²) in [4.78, 5) is 32.3. The first-order valence-corrected chi connectivity index (χ1v) is 15.7. The van der Waals surface area contributed by atoms with E-state index in [1.165, 1.54) is 16.9 Å². The molecule has 1 aromatic heterocycles. The average molecular weight is 662 g/mol. The van der Waals surface area contributed by atoms with Gasteiger partial charge in [0.1, 0.15) is 6.61 Å². The van der Waals surface area contributed by atoms with Crippen LogP contribution in [0, 0.1) is 0 Å². The lowest BCUT2D eigenvalue weighted by Crippen LogP contribution is -2.39. The Morgan fingerprint density at radius 3 is 2.44 bits per heavy atom. The summed E-state index contributed by atoms with van der Waals surface area (Å²) >= 11 is 4.73. The normalized spacial score (nSPS) is 14.9. The lowest BCUT2D eigenvalue weighted by Gasteiger charge is -2.25. The smallest absolute Gasteiger partial charge is 0.338 e. The summed E-state index contributed by atoms with van der Waals surface area (Å²) in [6, 6.07) is 20.9. The van der Waals surface area contributed by atoms with E-state index in [0.717, 1.165) is 21.2 Å². The highest BCUT2D eigenvalue weighted by Gasteiger charge is 2.33.